The fourth-order valence-corrected chi connectivity index (χ4v) is 2.10. The molecule has 0 spiro atoms. The van der Waals surface area contributed by atoms with E-state index in [1.54, 1.807) is 0 Å². The molecule has 2 aromatic carbocycles. The SMILES string of the molecule is Cc1ccccc1NC(=S)/C(=N/N=C(N)N)c1ccccc1. The fraction of sp³-hybridized carbons (Fsp3) is 0.0625. The molecule has 0 saturated carbocycles. The van der Waals surface area contributed by atoms with E-state index in [1.165, 1.54) is 0 Å². The lowest BCUT2D eigenvalue weighted by atomic mass is 10.1. The van der Waals surface area contributed by atoms with E-state index >= 15 is 0 Å². The zero-order valence-electron chi connectivity index (χ0n) is 12.2. The predicted molar refractivity (Wildman–Crippen MR) is 96.2 cm³/mol. The highest BCUT2D eigenvalue weighted by Gasteiger charge is 2.11. The molecule has 2 aromatic rings. The van der Waals surface area contributed by atoms with Gasteiger partial charge in [-0.05, 0) is 18.6 Å². The molecule has 5 N–H and O–H groups in total. The first-order valence-corrected chi connectivity index (χ1v) is 7.07. The first kappa shape index (κ1) is 15.7. The first-order chi connectivity index (χ1) is 10.6. The van der Waals surface area contributed by atoms with E-state index in [1.807, 2.05) is 61.5 Å². The van der Waals surface area contributed by atoms with Crippen molar-refractivity contribution in [1.82, 2.24) is 0 Å². The van der Waals surface area contributed by atoms with Crippen LogP contribution in [0.2, 0.25) is 0 Å². The van der Waals surface area contributed by atoms with Crippen LogP contribution in [0.15, 0.2) is 64.8 Å². The number of nitrogens with zero attached hydrogens (tertiary/aromatic N) is 2. The lowest BCUT2D eigenvalue weighted by Gasteiger charge is -2.12. The van der Waals surface area contributed by atoms with Crippen LogP contribution >= 0.6 is 12.2 Å². The summed E-state index contributed by atoms with van der Waals surface area (Å²) in [5, 5.41) is 11.0. The largest absolute Gasteiger partial charge is 0.369 e. The van der Waals surface area contributed by atoms with Crippen molar-refractivity contribution in [2.24, 2.45) is 21.7 Å². The third kappa shape index (κ3) is 4.13. The smallest absolute Gasteiger partial charge is 0.211 e. The monoisotopic (exact) mass is 311 g/mol. The van der Waals surface area contributed by atoms with Crippen molar-refractivity contribution < 1.29 is 0 Å². The van der Waals surface area contributed by atoms with Crippen molar-refractivity contribution in [3.8, 4) is 0 Å². The molecule has 0 bridgehead atoms. The average Bonchev–Trinajstić information content (AvgIpc) is 2.50. The maximum absolute atomic E-state index is 5.46. The van der Waals surface area contributed by atoms with Gasteiger partial charge in [-0.1, -0.05) is 60.7 Å². The zero-order chi connectivity index (χ0) is 15.9. The Labute approximate surface area is 134 Å². The Hall–Kier alpha value is -2.73. The summed E-state index contributed by atoms with van der Waals surface area (Å²) < 4.78 is 0. The number of rotatable bonds is 4. The number of nitrogens with one attached hydrogen (secondary N) is 1. The van der Waals surface area contributed by atoms with Gasteiger partial charge in [0.25, 0.3) is 0 Å². The fourth-order valence-electron chi connectivity index (χ4n) is 1.83. The summed E-state index contributed by atoms with van der Waals surface area (Å²) in [4.78, 5) is 0.450. The Bertz CT molecular complexity index is 718. The third-order valence-electron chi connectivity index (χ3n) is 2.92. The second-order valence-corrected chi connectivity index (χ2v) is 5.02. The standard InChI is InChI=1S/C16H17N5S/c1-11-7-5-6-10-13(11)19-15(22)14(20-21-16(17)18)12-8-3-2-4-9-12/h2-10H,1H3,(H,19,22)(H4,17,18,21)/b20-14+. The maximum Gasteiger partial charge on any atom is 0.211 e. The molecule has 0 aliphatic carbocycles. The molecule has 0 atom stereocenters. The second-order valence-electron chi connectivity index (χ2n) is 4.61. The van der Waals surface area contributed by atoms with E-state index in [2.05, 4.69) is 15.5 Å². The van der Waals surface area contributed by atoms with Crippen LogP contribution in [0.5, 0.6) is 0 Å². The lowest BCUT2D eigenvalue weighted by Crippen LogP contribution is -2.24. The molecule has 0 amide bonds. The molecule has 112 valence electrons. The van der Waals surface area contributed by atoms with Gasteiger partial charge in [0.2, 0.25) is 5.96 Å². The molecule has 0 aliphatic heterocycles. The molecule has 0 saturated heterocycles. The number of hydrogen-bond donors (Lipinski definition) is 3. The molecule has 2 rings (SSSR count). The average molecular weight is 311 g/mol. The number of anilines is 1. The molecule has 22 heavy (non-hydrogen) atoms. The second kappa shape index (κ2) is 7.33. The Balaban J connectivity index is 2.34. The highest BCUT2D eigenvalue weighted by molar-refractivity contribution is 7.82. The summed E-state index contributed by atoms with van der Waals surface area (Å²) in [5.74, 6) is -0.118. The van der Waals surface area contributed by atoms with E-state index in [4.69, 9.17) is 23.7 Å². The molecule has 0 aromatic heterocycles. The molecule has 0 fully saturated rings. The summed E-state index contributed by atoms with van der Waals surface area (Å²) in [6.45, 7) is 2.00. The maximum atomic E-state index is 5.46. The number of benzene rings is 2. The van der Waals surface area contributed by atoms with Crippen LogP contribution in [0.4, 0.5) is 5.69 Å². The van der Waals surface area contributed by atoms with Crippen LogP contribution in [0.1, 0.15) is 11.1 Å². The quantitative estimate of drug-likeness (QED) is 0.350. The van der Waals surface area contributed by atoms with E-state index in [0.717, 1.165) is 16.8 Å². The van der Waals surface area contributed by atoms with Gasteiger partial charge in [0, 0.05) is 11.3 Å². The number of thiocarbonyl (C=S) groups is 1. The third-order valence-corrected chi connectivity index (χ3v) is 3.22. The highest BCUT2D eigenvalue weighted by atomic mass is 32.1. The predicted octanol–water partition coefficient (Wildman–Crippen LogP) is 2.41. The van der Waals surface area contributed by atoms with Gasteiger partial charge in [-0.3, -0.25) is 0 Å². The summed E-state index contributed by atoms with van der Waals surface area (Å²) in [6, 6.07) is 17.4. The van der Waals surface area contributed by atoms with E-state index < -0.39 is 0 Å². The van der Waals surface area contributed by atoms with Crippen molar-refractivity contribution in [3.05, 3.63) is 65.7 Å². The molecule has 0 unspecified atom stereocenters. The van der Waals surface area contributed by atoms with Crippen LogP contribution in [0, 0.1) is 6.92 Å². The summed E-state index contributed by atoms with van der Waals surface area (Å²) in [5.41, 5.74) is 14.0. The van der Waals surface area contributed by atoms with Crippen LogP contribution in [0.25, 0.3) is 0 Å². The minimum Gasteiger partial charge on any atom is -0.369 e. The topological polar surface area (TPSA) is 88.8 Å². The Morgan fingerprint density at radius 2 is 1.59 bits per heavy atom. The van der Waals surface area contributed by atoms with E-state index in [-0.39, 0.29) is 5.96 Å². The molecule has 0 aliphatic rings. The molecule has 5 nitrogen and oxygen atoms in total. The molecule has 0 radical (unpaired) electrons. The summed E-state index contributed by atoms with van der Waals surface area (Å²) in [6.07, 6.45) is 0. The van der Waals surface area contributed by atoms with E-state index in [0.29, 0.717) is 10.7 Å². The van der Waals surface area contributed by atoms with Gasteiger partial charge in [0.15, 0.2) is 0 Å². The van der Waals surface area contributed by atoms with Gasteiger partial charge in [-0.2, -0.15) is 0 Å². The number of para-hydroxylation sites is 1. The normalized spacial score (nSPS) is 10.9. The number of guanidine groups is 1. The van der Waals surface area contributed by atoms with Gasteiger partial charge in [0.05, 0.1) is 0 Å². The molecule has 0 heterocycles. The number of aryl methyl sites for hydroxylation is 1. The van der Waals surface area contributed by atoms with Gasteiger partial charge in [-0.15, -0.1) is 10.2 Å². The van der Waals surface area contributed by atoms with Crippen LogP contribution in [-0.2, 0) is 0 Å². The van der Waals surface area contributed by atoms with Gasteiger partial charge in [-0.25, -0.2) is 0 Å². The minimum absolute atomic E-state index is 0.118. The summed E-state index contributed by atoms with van der Waals surface area (Å²) >= 11 is 5.46. The van der Waals surface area contributed by atoms with Crippen molar-refractivity contribution in [1.29, 1.82) is 0 Å². The Morgan fingerprint density at radius 1 is 0.955 bits per heavy atom. The van der Waals surface area contributed by atoms with E-state index in [9.17, 15) is 0 Å². The lowest BCUT2D eigenvalue weighted by molar-refractivity contribution is 1.21. The van der Waals surface area contributed by atoms with Gasteiger partial charge in [0.1, 0.15) is 10.7 Å². The van der Waals surface area contributed by atoms with Crippen molar-refractivity contribution in [2.75, 3.05) is 5.32 Å². The minimum atomic E-state index is -0.118. The number of nitrogens with two attached hydrogens (primary N) is 2. The van der Waals surface area contributed by atoms with Gasteiger partial charge >= 0.3 is 0 Å². The van der Waals surface area contributed by atoms with Gasteiger partial charge < -0.3 is 16.8 Å². The van der Waals surface area contributed by atoms with Crippen molar-refractivity contribution in [3.63, 3.8) is 0 Å². The zero-order valence-corrected chi connectivity index (χ0v) is 13.0. The molecular weight excluding hydrogens is 294 g/mol. The Morgan fingerprint density at radius 3 is 2.23 bits per heavy atom. The van der Waals surface area contributed by atoms with Crippen LogP contribution in [-0.4, -0.2) is 16.7 Å². The first-order valence-electron chi connectivity index (χ1n) is 6.67. The summed E-state index contributed by atoms with van der Waals surface area (Å²) in [7, 11) is 0. The van der Waals surface area contributed by atoms with Crippen LogP contribution < -0.4 is 16.8 Å². The molecular formula is C16H17N5S. The molecule has 6 heteroatoms. The van der Waals surface area contributed by atoms with Crippen molar-refractivity contribution in [2.45, 2.75) is 6.92 Å². The number of hydrogen-bond acceptors (Lipinski definition) is 3. The van der Waals surface area contributed by atoms with Crippen LogP contribution in [0.3, 0.4) is 0 Å². The van der Waals surface area contributed by atoms with Crippen molar-refractivity contribution >= 4 is 34.6 Å². The Kier molecular flexibility index (Phi) is 5.21. The highest BCUT2D eigenvalue weighted by Crippen LogP contribution is 2.15.